The SMILES string of the molecule is CSc1ccc2cc(COC(=O)c3ccc(Cl)c(N)c3)c(Cl)nc2c1. The third-order valence-corrected chi connectivity index (χ3v) is 5.04. The van der Waals surface area contributed by atoms with E-state index < -0.39 is 5.97 Å². The number of carbonyl (C=O) groups excluding carboxylic acids is 1. The van der Waals surface area contributed by atoms with E-state index in [4.69, 9.17) is 33.7 Å². The summed E-state index contributed by atoms with van der Waals surface area (Å²) in [6, 6.07) is 12.4. The Balaban J connectivity index is 1.79. The van der Waals surface area contributed by atoms with Crippen LogP contribution in [0, 0.1) is 0 Å². The van der Waals surface area contributed by atoms with E-state index in [0.717, 1.165) is 15.8 Å². The molecule has 3 aromatic rings. The summed E-state index contributed by atoms with van der Waals surface area (Å²) in [4.78, 5) is 17.6. The average molecular weight is 393 g/mol. The number of fused-ring (bicyclic) bond motifs is 1. The predicted molar refractivity (Wildman–Crippen MR) is 104 cm³/mol. The van der Waals surface area contributed by atoms with Crippen molar-refractivity contribution < 1.29 is 9.53 Å². The molecule has 0 saturated carbocycles. The fourth-order valence-electron chi connectivity index (χ4n) is 2.29. The number of hydrogen-bond acceptors (Lipinski definition) is 5. The monoisotopic (exact) mass is 392 g/mol. The number of anilines is 1. The Bertz CT molecular complexity index is 963. The lowest BCUT2D eigenvalue weighted by Gasteiger charge is -2.09. The van der Waals surface area contributed by atoms with E-state index in [0.29, 0.717) is 27.0 Å². The van der Waals surface area contributed by atoms with Crippen LogP contribution in [0.25, 0.3) is 10.9 Å². The van der Waals surface area contributed by atoms with Crippen molar-refractivity contribution >= 4 is 57.5 Å². The number of nitrogens with zero attached hydrogens (tertiary/aromatic N) is 1. The first-order valence-electron chi connectivity index (χ1n) is 7.33. The number of carbonyl (C=O) groups is 1. The number of thioether (sulfide) groups is 1. The van der Waals surface area contributed by atoms with Crippen LogP contribution in [-0.2, 0) is 11.3 Å². The predicted octanol–water partition coefficient (Wildman–Crippen LogP) is 5.20. The Morgan fingerprint density at radius 3 is 2.72 bits per heavy atom. The second kappa shape index (κ2) is 7.52. The van der Waals surface area contributed by atoms with Crippen LogP contribution in [0.2, 0.25) is 10.2 Å². The molecule has 4 nitrogen and oxygen atoms in total. The molecule has 1 aromatic heterocycles. The van der Waals surface area contributed by atoms with Crippen LogP contribution in [0.3, 0.4) is 0 Å². The second-order valence-electron chi connectivity index (χ2n) is 5.31. The van der Waals surface area contributed by atoms with E-state index >= 15 is 0 Å². The van der Waals surface area contributed by atoms with E-state index in [2.05, 4.69) is 4.98 Å². The number of nitrogens with two attached hydrogens (primary N) is 1. The van der Waals surface area contributed by atoms with Gasteiger partial charge in [-0.1, -0.05) is 29.3 Å². The zero-order chi connectivity index (χ0) is 18.0. The number of rotatable bonds is 4. The maximum Gasteiger partial charge on any atom is 0.338 e. The van der Waals surface area contributed by atoms with Crippen molar-refractivity contribution in [2.75, 3.05) is 12.0 Å². The molecule has 3 rings (SSSR count). The number of benzene rings is 2. The lowest BCUT2D eigenvalue weighted by Crippen LogP contribution is -2.06. The topological polar surface area (TPSA) is 65.2 Å². The Hall–Kier alpha value is -1.95. The summed E-state index contributed by atoms with van der Waals surface area (Å²) in [6.07, 6.45) is 2.00. The normalized spacial score (nSPS) is 10.8. The first kappa shape index (κ1) is 17.9. The van der Waals surface area contributed by atoms with Crippen LogP contribution < -0.4 is 5.73 Å². The molecule has 7 heteroatoms. The van der Waals surface area contributed by atoms with E-state index in [9.17, 15) is 4.79 Å². The molecule has 25 heavy (non-hydrogen) atoms. The van der Waals surface area contributed by atoms with Crippen LogP contribution in [0.15, 0.2) is 47.4 Å². The van der Waals surface area contributed by atoms with Crippen molar-refractivity contribution in [1.29, 1.82) is 0 Å². The molecule has 0 radical (unpaired) electrons. The van der Waals surface area contributed by atoms with Crippen LogP contribution in [0.4, 0.5) is 5.69 Å². The van der Waals surface area contributed by atoms with Crippen molar-refractivity contribution in [3.05, 3.63) is 63.8 Å². The van der Waals surface area contributed by atoms with E-state index in [-0.39, 0.29) is 6.61 Å². The summed E-state index contributed by atoms with van der Waals surface area (Å²) in [5.74, 6) is -0.503. The Morgan fingerprint density at radius 2 is 2.00 bits per heavy atom. The third kappa shape index (κ3) is 4.00. The summed E-state index contributed by atoms with van der Waals surface area (Å²) >= 11 is 13.7. The molecule has 0 spiro atoms. The molecule has 0 fully saturated rings. The van der Waals surface area contributed by atoms with Crippen LogP contribution in [0.5, 0.6) is 0 Å². The largest absolute Gasteiger partial charge is 0.457 e. The molecule has 0 atom stereocenters. The number of nitrogen functional groups attached to an aromatic ring is 1. The molecular formula is C18H14Cl2N2O2S. The van der Waals surface area contributed by atoms with Gasteiger partial charge in [-0.15, -0.1) is 11.8 Å². The second-order valence-corrected chi connectivity index (χ2v) is 6.95. The lowest BCUT2D eigenvalue weighted by atomic mass is 10.1. The van der Waals surface area contributed by atoms with Gasteiger partial charge in [0.2, 0.25) is 0 Å². The molecule has 1 heterocycles. The van der Waals surface area contributed by atoms with Gasteiger partial charge < -0.3 is 10.5 Å². The maximum atomic E-state index is 12.2. The first-order chi connectivity index (χ1) is 12.0. The van der Waals surface area contributed by atoms with Gasteiger partial charge in [-0.05, 0) is 42.7 Å². The molecule has 0 unspecified atom stereocenters. The van der Waals surface area contributed by atoms with E-state index in [1.165, 1.54) is 6.07 Å². The van der Waals surface area contributed by atoms with Crippen LogP contribution in [-0.4, -0.2) is 17.2 Å². The fourth-order valence-corrected chi connectivity index (χ4v) is 3.04. The van der Waals surface area contributed by atoms with Crippen molar-refractivity contribution in [3.8, 4) is 0 Å². The maximum absolute atomic E-state index is 12.2. The highest BCUT2D eigenvalue weighted by Crippen LogP contribution is 2.26. The highest BCUT2D eigenvalue weighted by atomic mass is 35.5. The van der Waals surface area contributed by atoms with Gasteiger partial charge in [0.05, 0.1) is 21.8 Å². The molecule has 0 aliphatic heterocycles. The highest BCUT2D eigenvalue weighted by Gasteiger charge is 2.12. The summed E-state index contributed by atoms with van der Waals surface area (Å²) in [5, 5.41) is 1.64. The quantitative estimate of drug-likeness (QED) is 0.286. The van der Waals surface area contributed by atoms with Gasteiger partial charge in [0.25, 0.3) is 0 Å². The average Bonchev–Trinajstić information content (AvgIpc) is 2.61. The smallest absolute Gasteiger partial charge is 0.338 e. The molecule has 0 aliphatic carbocycles. The van der Waals surface area contributed by atoms with Gasteiger partial charge in [-0.2, -0.15) is 0 Å². The molecular weight excluding hydrogens is 379 g/mol. The van der Waals surface area contributed by atoms with Gasteiger partial charge in [-0.3, -0.25) is 0 Å². The van der Waals surface area contributed by atoms with Gasteiger partial charge in [-0.25, -0.2) is 9.78 Å². The third-order valence-electron chi connectivity index (χ3n) is 3.64. The van der Waals surface area contributed by atoms with Crippen LogP contribution in [0.1, 0.15) is 15.9 Å². The molecule has 0 amide bonds. The number of aromatic nitrogens is 1. The molecule has 0 saturated heterocycles. The summed E-state index contributed by atoms with van der Waals surface area (Å²) in [7, 11) is 0. The molecule has 2 N–H and O–H groups in total. The van der Waals surface area contributed by atoms with Gasteiger partial charge in [0.15, 0.2) is 0 Å². The number of pyridine rings is 1. The fraction of sp³-hybridized carbons (Fsp3) is 0.111. The number of hydrogen-bond donors (Lipinski definition) is 1. The molecule has 0 bridgehead atoms. The summed E-state index contributed by atoms with van der Waals surface area (Å²) in [6.45, 7) is 0.0212. The Morgan fingerprint density at radius 1 is 1.20 bits per heavy atom. The minimum absolute atomic E-state index is 0.0212. The Kier molecular flexibility index (Phi) is 5.37. The Labute approximate surface area is 159 Å². The van der Waals surface area contributed by atoms with Gasteiger partial charge in [0.1, 0.15) is 11.8 Å². The minimum atomic E-state index is -0.503. The van der Waals surface area contributed by atoms with Crippen molar-refractivity contribution in [1.82, 2.24) is 4.98 Å². The van der Waals surface area contributed by atoms with Crippen LogP contribution >= 0.6 is 35.0 Å². The number of halogens is 2. The molecule has 128 valence electrons. The van der Waals surface area contributed by atoms with Crippen molar-refractivity contribution in [2.24, 2.45) is 0 Å². The summed E-state index contributed by atoms with van der Waals surface area (Å²) < 4.78 is 5.32. The standard InChI is InChI=1S/C18H14Cl2N2O2S/c1-25-13-4-2-10-6-12(17(20)22-16(10)8-13)9-24-18(23)11-3-5-14(19)15(21)7-11/h2-8H,9,21H2,1H3. The van der Waals surface area contributed by atoms with Gasteiger partial charge in [0, 0.05) is 15.8 Å². The lowest BCUT2D eigenvalue weighted by molar-refractivity contribution is 0.0473. The highest BCUT2D eigenvalue weighted by molar-refractivity contribution is 7.98. The molecule has 0 aliphatic rings. The molecule has 2 aromatic carbocycles. The number of esters is 1. The van der Waals surface area contributed by atoms with Crippen molar-refractivity contribution in [3.63, 3.8) is 0 Å². The van der Waals surface area contributed by atoms with Crippen molar-refractivity contribution in [2.45, 2.75) is 11.5 Å². The summed E-state index contributed by atoms with van der Waals surface area (Å²) in [5.41, 5.74) is 7.80. The van der Waals surface area contributed by atoms with E-state index in [1.54, 1.807) is 23.9 Å². The zero-order valence-electron chi connectivity index (χ0n) is 13.3. The number of ether oxygens (including phenoxy) is 1. The van der Waals surface area contributed by atoms with E-state index in [1.807, 2.05) is 30.5 Å². The minimum Gasteiger partial charge on any atom is -0.457 e. The zero-order valence-corrected chi connectivity index (χ0v) is 15.6. The van der Waals surface area contributed by atoms with Gasteiger partial charge >= 0.3 is 5.97 Å². The first-order valence-corrected chi connectivity index (χ1v) is 9.31.